The van der Waals surface area contributed by atoms with Crippen molar-refractivity contribution in [2.45, 2.75) is 4.90 Å². The van der Waals surface area contributed by atoms with E-state index in [1.807, 2.05) is 68.7 Å². The van der Waals surface area contributed by atoms with Gasteiger partial charge in [-0.15, -0.1) is 0 Å². The van der Waals surface area contributed by atoms with Gasteiger partial charge in [0.25, 0.3) is 5.91 Å². The Kier molecular flexibility index (Phi) is 5.23. The second-order valence-electron chi connectivity index (χ2n) is 5.78. The quantitative estimate of drug-likeness (QED) is 0.843. The minimum Gasteiger partial charge on any atom is -0.492 e. The summed E-state index contributed by atoms with van der Waals surface area (Å²) >= 11 is 1.49. The van der Waals surface area contributed by atoms with Gasteiger partial charge >= 0.3 is 0 Å². The maximum absolute atomic E-state index is 12.2. The van der Waals surface area contributed by atoms with Crippen LogP contribution in [-0.4, -0.2) is 38.1 Å². The molecular formula is C19H20N2O2S. The Morgan fingerprint density at radius 1 is 1.12 bits per heavy atom. The van der Waals surface area contributed by atoms with Crippen molar-refractivity contribution in [2.24, 2.45) is 0 Å². The number of likely N-dealkylation sites (N-methyl/N-ethyl adjacent to an activating group) is 1. The first kappa shape index (κ1) is 16.6. The molecule has 1 aliphatic heterocycles. The van der Waals surface area contributed by atoms with E-state index < -0.39 is 0 Å². The first-order valence-corrected chi connectivity index (χ1v) is 8.61. The molecule has 0 bridgehead atoms. The Hall–Kier alpha value is -2.24. The lowest BCUT2D eigenvalue weighted by molar-refractivity contribution is -0.112. The van der Waals surface area contributed by atoms with Crippen LogP contribution in [0.25, 0.3) is 6.08 Å². The molecule has 2 aromatic carbocycles. The van der Waals surface area contributed by atoms with Crippen molar-refractivity contribution < 1.29 is 9.53 Å². The Balaban J connectivity index is 1.69. The van der Waals surface area contributed by atoms with E-state index in [1.54, 1.807) is 0 Å². The van der Waals surface area contributed by atoms with Gasteiger partial charge in [-0.1, -0.05) is 36.0 Å². The molecule has 1 aliphatic rings. The van der Waals surface area contributed by atoms with Crippen LogP contribution < -0.4 is 10.1 Å². The molecule has 0 aliphatic carbocycles. The molecule has 1 N–H and O–H groups in total. The van der Waals surface area contributed by atoms with Crippen LogP contribution in [0.1, 0.15) is 5.56 Å². The summed E-state index contributed by atoms with van der Waals surface area (Å²) in [5.74, 6) is 0.773. The number of rotatable bonds is 5. The molecule has 0 atom stereocenters. The number of nitrogens with one attached hydrogen (secondary N) is 1. The van der Waals surface area contributed by atoms with Crippen LogP contribution in [0.15, 0.2) is 58.3 Å². The van der Waals surface area contributed by atoms with Gasteiger partial charge in [0, 0.05) is 11.4 Å². The summed E-state index contributed by atoms with van der Waals surface area (Å²) in [6, 6.07) is 15.6. The molecule has 0 spiro atoms. The standard InChI is InChI=1S/C19H20N2O2S/c1-21(2)11-12-23-15-9-7-14(8-10-15)13-18-19(22)20-16-5-3-4-6-17(16)24-18/h3-10,13H,11-12H2,1-2H3,(H,20,22)/b18-13-. The molecule has 5 heteroatoms. The highest BCUT2D eigenvalue weighted by Crippen LogP contribution is 2.38. The second-order valence-corrected chi connectivity index (χ2v) is 6.87. The molecule has 0 radical (unpaired) electrons. The Morgan fingerprint density at radius 3 is 2.62 bits per heavy atom. The molecule has 0 aromatic heterocycles. The highest BCUT2D eigenvalue weighted by atomic mass is 32.2. The van der Waals surface area contributed by atoms with Crippen LogP contribution in [0.2, 0.25) is 0 Å². The van der Waals surface area contributed by atoms with Crippen LogP contribution in [-0.2, 0) is 4.79 Å². The smallest absolute Gasteiger partial charge is 0.262 e. The van der Waals surface area contributed by atoms with E-state index in [-0.39, 0.29) is 5.91 Å². The summed E-state index contributed by atoms with van der Waals surface area (Å²) in [7, 11) is 4.04. The number of amides is 1. The number of ether oxygens (including phenoxy) is 1. The number of carbonyl (C=O) groups is 1. The van der Waals surface area contributed by atoms with Gasteiger partial charge in [0.15, 0.2) is 0 Å². The van der Waals surface area contributed by atoms with Crippen molar-refractivity contribution in [1.82, 2.24) is 4.90 Å². The molecule has 24 heavy (non-hydrogen) atoms. The van der Waals surface area contributed by atoms with Gasteiger partial charge in [0.05, 0.1) is 10.6 Å². The number of para-hydroxylation sites is 1. The molecule has 0 unspecified atom stereocenters. The zero-order valence-corrected chi connectivity index (χ0v) is 14.6. The number of thioether (sulfide) groups is 1. The lowest BCUT2D eigenvalue weighted by atomic mass is 10.2. The van der Waals surface area contributed by atoms with Crippen molar-refractivity contribution in [3.05, 3.63) is 59.0 Å². The molecule has 2 aromatic rings. The maximum atomic E-state index is 12.2. The van der Waals surface area contributed by atoms with Crippen LogP contribution in [0.4, 0.5) is 5.69 Å². The Labute approximate surface area is 146 Å². The number of fused-ring (bicyclic) bond motifs is 1. The summed E-state index contributed by atoms with van der Waals surface area (Å²) in [6.07, 6.45) is 1.90. The predicted molar refractivity (Wildman–Crippen MR) is 99.4 cm³/mol. The highest BCUT2D eigenvalue weighted by Gasteiger charge is 2.20. The van der Waals surface area contributed by atoms with Gasteiger partial charge in [-0.05, 0) is 50.0 Å². The topological polar surface area (TPSA) is 41.6 Å². The van der Waals surface area contributed by atoms with Crippen molar-refractivity contribution in [2.75, 3.05) is 32.6 Å². The normalized spacial score (nSPS) is 15.3. The van der Waals surface area contributed by atoms with Gasteiger partial charge in [0.1, 0.15) is 12.4 Å². The minimum absolute atomic E-state index is 0.0648. The number of hydrogen-bond acceptors (Lipinski definition) is 4. The molecule has 1 amide bonds. The zero-order chi connectivity index (χ0) is 16.9. The van der Waals surface area contributed by atoms with E-state index in [9.17, 15) is 4.79 Å². The van der Waals surface area contributed by atoms with E-state index in [2.05, 4.69) is 10.2 Å². The molecular weight excluding hydrogens is 320 g/mol. The lowest BCUT2D eigenvalue weighted by Crippen LogP contribution is -2.19. The average molecular weight is 340 g/mol. The van der Waals surface area contributed by atoms with Crippen molar-refractivity contribution in [1.29, 1.82) is 0 Å². The Bertz CT molecular complexity index is 754. The summed E-state index contributed by atoms with van der Waals surface area (Å²) in [5, 5.41) is 2.92. The van der Waals surface area contributed by atoms with E-state index in [4.69, 9.17) is 4.74 Å². The fourth-order valence-electron chi connectivity index (χ4n) is 2.26. The van der Waals surface area contributed by atoms with E-state index in [0.29, 0.717) is 11.5 Å². The summed E-state index contributed by atoms with van der Waals surface area (Å²) in [5.41, 5.74) is 1.85. The third-order valence-electron chi connectivity index (χ3n) is 3.56. The maximum Gasteiger partial charge on any atom is 0.262 e. The molecule has 1 heterocycles. The number of hydrogen-bond donors (Lipinski definition) is 1. The number of benzene rings is 2. The van der Waals surface area contributed by atoms with Crippen LogP contribution in [0, 0.1) is 0 Å². The monoisotopic (exact) mass is 340 g/mol. The van der Waals surface area contributed by atoms with E-state index in [0.717, 1.165) is 28.4 Å². The third kappa shape index (κ3) is 4.19. The van der Waals surface area contributed by atoms with Crippen LogP contribution >= 0.6 is 11.8 Å². The third-order valence-corrected chi connectivity index (χ3v) is 4.66. The fourth-order valence-corrected chi connectivity index (χ4v) is 3.21. The van der Waals surface area contributed by atoms with Gasteiger partial charge in [0.2, 0.25) is 0 Å². The molecule has 0 fully saturated rings. The number of anilines is 1. The van der Waals surface area contributed by atoms with Crippen molar-refractivity contribution in [3.63, 3.8) is 0 Å². The van der Waals surface area contributed by atoms with Crippen molar-refractivity contribution >= 4 is 29.4 Å². The number of carbonyl (C=O) groups excluding carboxylic acids is 1. The zero-order valence-electron chi connectivity index (χ0n) is 13.8. The molecule has 0 saturated heterocycles. The van der Waals surface area contributed by atoms with Gasteiger partial charge in [-0.2, -0.15) is 0 Å². The first-order valence-electron chi connectivity index (χ1n) is 7.79. The number of nitrogens with zero attached hydrogens (tertiary/aromatic N) is 1. The van der Waals surface area contributed by atoms with Crippen molar-refractivity contribution in [3.8, 4) is 5.75 Å². The van der Waals surface area contributed by atoms with Crippen LogP contribution in [0.5, 0.6) is 5.75 Å². The van der Waals surface area contributed by atoms with Crippen LogP contribution in [0.3, 0.4) is 0 Å². The first-order chi connectivity index (χ1) is 11.6. The fraction of sp³-hybridized carbons (Fsp3) is 0.211. The molecule has 3 rings (SSSR count). The van der Waals surface area contributed by atoms with E-state index >= 15 is 0 Å². The lowest BCUT2D eigenvalue weighted by Gasteiger charge is -2.18. The van der Waals surface area contributed by atoms with E-state index in [1.165, 1.54) is 11.8 Å². The largest absolute Gasteiger partial charge is 0.492 e. The molecule has 124 valence electrons. The minimum atomic E-state index is -0.0648. The Morgan fingerprint density at radius 2 is 1.88 bits per heavy atom. The molecule has 4 nitrogen and oxygen atoms in total. The summed E-state index contributed by atoms with van der Waals surface area (Å²) < 4.78 is 5.68. The summed E-state index contributed by atoms with van der Waals surface area (Å²) in [4.78, 5) is 16.0. The van der Waals surface area contributed by atoms with Gasteiger partial charge in [-0.3, -0.25) is 4.79 Å². The van der Waals surface area contributed by atoms with Gasteiger partial charge in [-0.25, -0.2) is 0 Å². The molecule has 0 saturated carbocycles. The predicted octanol–water partition coefficient (Wildman–Crippen LogP) is 3.71. The average Bonchev–Trinajstić information content (AvgIpc) is 2.57. The van der Waals surface area contributed by atoms with Gasteiger partial charge < -0.3 is 15.0 Å². The summed E-state index contributed by atoms with van der Waals surface area (Å²) in [6.45, 7) is 1.53. The SMILES string of the molecule is CN(C)CCOc1ccc(/C=C2\Sc3ccccc3NC2=O)cc1. The highest BCUT2D eigenvalue weighted by molar-refractivity contribution is 8.04. The second kappa shape index (κ2) is 7.55.